The van der Waals surface area contributed by atoms with Gasteiger partial charge < -0.3 is 9.84 Å². The molecule has 0 spiro atoms. The van der Waals surface area contributed by atoms with Crippen LogP contribution in [0.2, 0.25) is 0 Å². The molecule has 3 nitrogen and oxygen atoms in total. The van der Waals surface area contributed by atoms with E-state index in [-0.39, 0.29) is 11.5 Å². The smallest absolute Gasteiger partial charge is 0.421 e. The first-order valence-electron chi connectivity index (χ1n) is 5.37. The van der Waals surface area contributed by atoms with Crippen molar-refractivity contribution in [3.8, 4) is 17.4 Å². The van der Waals surface area contributed by atoms with Gasteiger partial charge in [0.2, 0.25) is 5.88 Å². The summed E-state index contributed by atoms with van der Waals surface area (Å²) in [6, 6.07) is 6.27. The Hall–Kier alpha value is -2.24. The van der Waals surface area contributed by atoms with E-state index < -0.39 is 17.6 Å². The highest BCUT2D eigenvalue weighted by atomic mass is 19.4. The molecule has 6 heteroatoms. The minimum Gasteiger partial charge on any atom is -0.508 e. The van der Waals surface area contributed by atoms with Crippen molar-refractivity contribution in [3.63, 3.8) is 0 Å². The van der Waals surface area contributed by atoms with Crippen LogP contribution in [0.1, 0.15) is 11.1 Å². The molecule has 1 N–H and O–H groups in total. The molecule has 0 bridgehead atoms. The van der Waals surface area contributed by atoms with Crippen molar-refractivity contribution in [2.24, 2.45) is 0 Å². The summed E-state index contributed by atoms with van der Waals surface area (Å²) in [5.41, 5.74) is -0.296. The van der Waals surface area contributed by atoms with Crippen molar-refractivity contribution in [3.05, 3.63) is 47.7 Å². The number of phenolic OH excluding ortho intramolecular Hbond substituents is 1. The number of nitrogens with zero attached hydrogens (tertiary/aromatic N) is 1. The van der Waals surface area contributed by atoms with Gasteiger partial charge in [0, 0.05) is 12.3 Å². The summed E-state index contributed by atoms with van der Waals surface area (Å²) in [5.74, 6) is -0.527. The van der Waals surface area contributed by atoms with Gasteiger partial charge in [0.25, 0.3) is 0 Å². The van der Waals surface area contributed by atoms with Crippen LogP contribution in [-0.2, 0) is 6.18 Å². The molecule has 0 aliphatic heterocycles. The lowest BCUT2D eigenvalue weighted by Gasteiger charge is -2.12. The number of aromatic hydroxyl groups is 1. The van der Waals surface area contributed by atoms with Gasteiger partial charge in [-0.15, -0.1) is 0 Å². The fraction of sp³-hybridized carbons (Fsp3) is 0.154. The second-order valence-electron chi connectivity index (χ2n) is 3.96. The molecular formula is C13H10F3NO2. The predicted molar refractivity (Wildman–Crippen MR) is 62.2 cm³/mol. The summed E-state index contributed by atoms with van der Waals surface area (Å²) in [5, 5.41) is 9.38. The number of aryl methyl sites for hydroxylation is 1. The third-order valence-electron chi connectivity index (χ3n) is 2.33. The van der Waals surface area contributed by atoms with E-state index in [9.17, 15) is 18.3 Å². The van der Waals surface area contributed by atoms with E-state index in [1.165, 1.54) is 30.5 Å². The van der Waals surface area contributed by atoms with Crippen LogP contribution in [0, 0.1) is 6.92 Å². The number of hydrogen-bond donors (Lipinski definition) is 1. The van der Waals surface area contributed by atoms with E-state index in [1.54, 1.807) is 6.92 Å². The normalized spacial score (nSPS) is 11.4. The van der Waals surface area contributed by atoms with Gasteiger partial charge in [-0.25, -0.2) is 4.98 Å². The van der Waals surface area contributed by atoms with Crippen LogP contribution in [0.4, 0.5) is 13.2 Å². The van der Waals surface area contributed by atoms with Gasteiger partial charge in [-0.2, -0.15) is 13.2 Å². The Morgan fingerprint density at radius 1 is 1.21 bits per heavy atom. The summed E-state index contributed by atoms with van der Waals surface area (Å²) in [6.45, 7) is 1.69. The Morgan fingerprint density at radius 3 is 2.58 bits per heavy atom. The van der Waals surface area contributed by atoms with E-state index in [2.05, 4.69) is 4.98 Å². The largest absolute Gasteiger partial charge is 0.508 e. The average Bonchev–Trinajstić information content (AvgIpc) is 2.26. The first-order chi connectivity index (χ1) is 8.86. The van der Waals surface area contributed by atoms with Crippen molar-refractivity contribution >= 4 is 0 Å². The highest BCUT2D eigenvalue weighted by Crippen LogP contribution is 2.37. The van der Waals surface area contributed by atoms with E-state index in [1.807, 2.05) is 0 Å². The van der Waals surface area contributed by atoms with Crippen LogP contribution in [0.5, 0.6) is 17.4 Å². The third kappa shape index (κ3) is 3.15. The summed E-state index contributed by atoms with van der Waals surface area (Å²) >= 11 is 0. The quantitative estimate of drug-likeness (QED) is 0.898. The Kier molecular flexibility index (Phi) is 3.33. The van der Waals surface area contributed by atoms with Crippen molar-refractivity contribution in [2.75, 3.05) is 0 Å². The monoisotopic (exact) mass is 269 g/mol. The van der Waals surface area contributed by atoms with Crippen LogP contribution >= 0.6 is 0 Å². The maximum atomic E-state index is 12.7. The molecule has 0 aliphatic rings. The molecule has 1 heterocycles. The summed E-state index contributed by atoms with van der Waals surface area (Å²) in [6.07, 6.45) is -3.34. The van der Waals surface area contributed by atoms with Crippen LogP contribution < -0.4 is 4.74 Å². The van der Waals surface area contributed by atoms with Crippen LogP contribution in [0.15, 0.2) is 36.5 Å². The summed E-state index contributed by atoms with van der Waals surface area (Å²) in [7, 11) is 0. The zero-order valence-electron chi connectivity index (χ0n) is 9.90. The van der Waals surface area contributed by atoms with Crippen LogP contribution in [0.25, 0.3) is 0 Å². The first kappa shape index (κ1) is 13.2. The van der Waals surface area contributed by atoms with Gasteiger partial charge >= 0.3 is 6.18 Å². The van der Waals surface area contributed by atoms with E-state index in [0.29, 0.717) is 5.56 Å². The second kappa shape index (κ2) is 4.79. The molecule has 0 unspecified atom stereocenters. The van der Waals surface area contributed by atoms with Crippen molar-refractivity contribution in [1.29, 1.82) is 0 Å². The van der Waals surface area contributed by atoms with Gasteiger partial charge in [0.1, 0.15) is 17.1 Å². The van der Waals surface area contributed by atoms with Gasteiger partial charge in [-0.1, -0.05) is 0 Å². The minimum absolute atomic E-state index is 0.0838. The molecule has 0 atom stereocenters. The number of benzene rings is 1. The van der Waals surface area contributed by atoms with Crippen LogP contribution in [0.3, 0.4) is 0 Å². The van der Waals surface area contributed by atoms with Gasteiger partial charge in [0.15, 0.2) is 0 Å². The van der Waals surface area contributed by atoms with Gasteiger partial charge in [-0.3, -0.25) is 0 Å². The minimum atomic E-state index is -4.55. The standard InChI is InChI=1S/C13H10F3NO2/c1-8-5-9(18)7-10(6-8)19-12-11(13(14,15)16)3-2-4-17-12/h2-7,18H,1H3. The number of phenols is 1. The SMILES string of the molecule is Cc1cc(O)cc(Oc2ncccc2C(F)(F)F)c1. The first-order valence-corrected chi connectivity index (χ1v) is 5.37. The summed E-state index contributed by atoms with van der Waals surface area (Å²) in [4.78, 5) is 3.58. The molecule has 0 aliphatic carbocycles. The summed E-state index contributed by atoms with van der Waals surface area (Å²) < 4.78 is 43.3. The molecule has 100 valence electrons. The fourth-order valence-electron chi connectivity index (χ4n) is 1.59. The Balaban J connectivity index is 2.38. The predicted octanol–water partition coefficient (Wildman–Crippen LogP) is 3.91. The molecule has 0 saturated heterocycles. The lowest BCUT2D eigenvalue weighted by Crippen LogP contribution is -2.08. The zero-order chi connectivity index (χ0) is 14.0. The Labute approximate surface area is 107 Å². The molecule has 0 fully saturated rings. The van der Waals surface area contributed by atoms with Crippen molar-refractivity contribution in [2.45, 2.75) is 13.1 Å². The average molecular weight is 269 g/mol. The Morgan fingerprint density at radius 2 is 1.95 bits per heavy atom. The van der Waals surface area contributed by atoms with Crippen LogP contribution in [-0.4, -0.2) is 10.1 Å². The lowest BCUT2D eigenvalue weighted by atomic mass is 10.2. The van der Waals surface area contributed by atoms with Gasteiger partial charge in [-0.05, 0) is 36.8 Å². The molecule has 2 rings (SSSR count). The Bertz CT molecular complexity index is 576. The maximum absolute atomic E-state index is 12.7. The maximum Gasteiger partial charge on any atom is 0.421 e. The van der Waals surface area contributed by atoms with E-state index >= 15 is 0 Å². The zero-order valence-corrected chi connectivity index (χ0v) is 9.90. The highest BCUT2D eigenvalue weighted by Gasteiger charge is 2.35. The molecule has 2 aromatic rings. The lowest BCUT2D eigenvalue weighted by molar-refractivity contribution is -0.138. The topological polar surface area (TPSA) is 42.4 Å². The second-order valence-corrected chi connectivity index (χ2v) is 3.96. The molecular weight excluding hydrogens is 259 g/mol. The number of aromatic nitrogens is 1. The number of alkyl halides is 3. The molecule has 0 amide bonds. The van der Waals surface area contributed by atoms with Gasteiger partial charge in [0.05, 0.1) is 0 Å². The fourth-order valence-corrected chi connectivity index (χ4v) is 1.59. The molecule has 19 heavy (non-hydrogen) atoms. The highest BCUT2D eigenvalue weighted by molar-refractivity contribution is 5.40. The number of ether oxygens (including phenoxy) is 1. The molecule has 0 radical (unpaired) electrons. The molecule has 1 aromatic carbocycles. The van der Waals surface area contributed by atoms with Crippen molar-refractivity contribution < 1.29 is 23.0 Å². The molecule has 1 aromatic heterocycles. The number of pyridine rings is 1. The third-order valence-corrected chi connectivity index (χ3v) is 2.33. The van der Waals surface area contributed by atoms with Crippen molar-refractivity contribution in [1.82, 2.24) is 4.98 Å². The molecule has 0 saturated carbocycles. The number of hydrogen-bond acceptors (Lipinski definition) is 3. The number of rotatable bonds is 2. The van der Waals surface area contributed by atoms with E-state index in [4.69, 9.17) is 4.74 Å². The van der Waals surface area contributed by atoms with E-state index in [0.717, 1.165) is 6.07 Å². The number of halogens is 3.